The number of hydrogen-bond acceptors (Lipinski definition) is 3. The van der Waals surface area contributed by atoms with Gasteiger partial charge in [0.2, 0.25) is 0 Å². The molecule has 5 heteroatoms. The lowest BCUT2D eigenvalue weighted by atomic mass is 9.82. The average molecular weight is 287 g/mol. The normalized spacial score (nSPS) is 13.4. The molecule has 0 saturated heterocycles. The van der Waals surface area contributed by atoms with Gasteiger partial charge in [0.05, 0.1) is 0 Å². The Balaban J connectivity index is 2.14. The van der Waals surface area contributed by atoms with Crippen molar-refractivity contribution < 1.29 is 19.1 Å². The van der Waals surface area contributed by atoms with Crippen LogP contribution in [0.5, 0.6) is 0 Å². The number of rotatable bonds is 5. The minimum Gasteiger partial charge on any atom is -0.481 e. The minimum atomic E-state index is -1.20. The molecular weight excluding hydrogens is 270 g/mol. The summed E-state index contributed by atoms with van der Waals surface area (Å²) in [7, 11) is 0. The zero-order valence-electron chi connectivity index (χ0n) is 11.9. The summed E-state index contributed by atoms with van der Waals surface area (Å²) >= 11 is 0. The lowest BCUT2D eigenvalue weighted by molar-refractivity contribution is -0.142. The highest BCUT2D eigenvalue weighted by atomic mass is 16.4. The van der Waals surface area contributed by atoms with Crippen molar-refractivity contribution in [1.82, 2.24) is 5.32 Å². The molecule has 21 heavy (non-hydrogen) atoms. The summed E-state index contributed by atoms with van der Waals surface area (Å²) in [6, 6.07) is 12.1. The number of carbonyl (C=O) groups excluding carboxylic acids is 1. The zero-order chi connectivity index (χ0) is 15.5. The highest BCUT2D eigenvalue weighted by molar-refractivity contribution is 5.92. The number of carboxylic acids is 1. The van der Waals surface area contributed by atoms with Crippen LogP contribution in [0.1, 0.15) is 28.8 Å². The Labute approximate surface area is 122 Å². The van der Waals surface area contributed by atoms with E-state index in [1.54, 1.807) is 50.2 Å². The summed E-state index contributed by atoms with van der Waals surface area (Å²) < 4.78 is 5.22. The third-order valence-electron chi connectivity index (χ3n) is 3.45. The number of carboxylic acid groups (broad SMARTS) is 1. The topological polar surface area (TPSA) is 79.5 Å². The van der Waals surface area contributed by atoms with Gasteiger partial charge in [-0.25, -0.2) is 0 Å². The van der Waals surface area contributed by atoms with E-state index in [0.29, 0.717) is 11.3 Å². The summed E-state index contributed by atoms with van der Waals surface area (Å²) in [6.07, 6.45) is 0. The van der Waals surface area contributed by atoms with Crippen molar-refractivity contribution in [3.63, 3.8) is 0 Å². The molecule has 0 radical (unpaired) electrons. The molecule has 0 bridgehead atoms. The van der Waals surface area contributed by atoms with Gasteiger partial charge in [0.15, 0.2) is 5.76 Å². The van der Waals surface area contributed by atoms with Gasteiger partial charge in [0, 0.05) is 6.54 Å². The van der Waals surface area contributed by atoms with Crippen LogP contribution in [0.25, 0.3) is 0 Å². The van der Waals surface area contributed by atoms with Crippen LogP contribution in [0.3, 0.4) is 0 Å². The Morgan fingerprint density at radius 1 is 1.19 bits per heavy atom. The standard InChI is InChI=1S/C16H17NO4/c1-11-8-9-13(21-11)14(18)17-10-16(2,15(19)20)12-6-4-3-5-7-12/h3-9H,10H2,1-2H3,(H,17,18)(H,19,20). The second-order valence-corrected chi connectivity index (χ2v) is 5.10. The van der Waals surface area contributed by atoms with Crippen LogP contribution in [0.4, 0.5) is 0 Å². The van der Waals surface area contributed by atoms with E-state index in [9.17, 15) is 14.7 Å². The fourth-order valence-electron chi connectivity index (χ4n) is 2.01. The molecule has 2 N–H and O–H groups in total. The highest BCUT2D eigenvalue weighted by Crippen LogP contribution is 2.23. The predicted molar refractivity (Wildman–Crippen MR) is 77.2 cm³/mol. The van der Waals surface area contributed by atoms with Crippen LogP contribution in [0, 0.1) is 6.92 Å². The summed E-state index contributed by atoms with van der Waals surface area (Å²) in [5.74, 6) is -0.617. The van der Waals surface area contributed by atoms with Crippen LogP contribution in [-0.2, 0) is 10.2 Å². The predicted octanol–water partition coefficient (Wildman–Crippen LogP) is 2.36. The molecule has 1 aromatic carbocycles. The van der Waals surface area contributed by atoms with Crippen LogP contribution >= 0.6 is 0 Å². The molecule has 0 fully saturated rings. The van der Waals surface area contributed by atoms with Crippen LogP contribution < -0.4 is 5.32 Å². The maximum absolute atomic E-state index is 12.0. The van der Waals surface area contributed by atoms with E-state index in [1.807, 2.05) is 6.07 Å². The van der Waals surface area contributed by atoms with Gasteiger partial charge in [0.1, 0.15) is 11.2 Å². The van der Waals surface area contributed by atoms with Gasteiger partial charge < -0.3 is 14.8 Å². The first kappa shape index (κ1) is 14.8. The van der Waals surface area contributed by atoms with E-state index in [4.69, 9.17) is 4.42 Å². The zero-order valence-corrected chi connectivity index (χ0v) is 11.9. The first-order valence-electron chi connectivity index (χ1n) is 6.57. The van der Waals surface area contributed by atoms with Gasteiger partial charge in [-0.2, -0.15) is 0 Å². The number of benzene rings is 1. The molecule has 1 heterocycles. The number of amides is 1. The minimum absolute atomic E-state index is 0.0229. The van der Waals surface area contributed by atoms with E-state index in [-0.39, 0.29) is 12.3 Å². The van der Waals surface area contributed by atoms with Crippen LogP contribution in [-0.4, -0.2) is 23.5 Å². The van der Waals surface area contributed by atoms with E-state index < -0.39 is 17.3 Å². The fraction of sp³-hybridized carbons (Fsp3) is 0.250. The van der Waals surface area contributed by atoms with Gasteiger partial charge in [-0.1, -0.05) is 30.3 Å². The van der Waals surface area contributed by atoms with Gasteiger partial charge >= 0.3 is 5.97 Å². The Kier molecular flexibility index (Phi) is 4.12. The third-order valence-corrected chi connectivity index (χ3v) is 3.45. The highest BCUT2D eigenvalue weighted by Gasteiger charge is 2.35. The average Bonchev–Trinajstić information content (AvgIpc) is 2.91. The van der Waals surface area contributed by atoms with E-state index >= 15 is 0 Å². The number of hydrogen-bond donors (Lipinski definition) is 2. The van der Waals surface area contributed by atoms with Crippen LogP contribution in [0.15, 0.2) is 46.9 Å². The van der Waals surface area contributed by atoms with Crippen molar-refractivity contribution in [3.8, 4) is 0 Å². The van der Waals surface area contributed by atoms with Gasteiger partial charge in [-0.15, -0.1) is 0 Å². The molecule has 0 aliphatic carbocycles. The molecule has 2 aromatic rings. The molecule has 1 unspecified atom stereocenters. The monoisotopic (exact) mass is 287 g/mol. The number of aryl methyl sites for hydroxylation is 1. The van der Waals surface area contributed by atoms with Crippen molar-refractivity contribution in [3.05, 3.63) is 59.5 Å². The quantitative estimate of drug-likeness (QED) is 0.884. The molecule has 0 aliphatic rings. The summed E-state index contributed by atoms with van der Waals surface area (Å²) in [4.78, 5) is 23.6. The lowest BCUT2D eigenvalue weighted by Crippen LogP contribution is -2.44. The summed E-state index contributed by atoms with van der Waals surface area (Å²) in [6.45, 7) is 3.30. The molecule has 0 aliphatic heterocycles. The first-order valence-corrected chi connectivity index (χ1v) is 6.57. The molecule has 1 atom stereocenters. The molecule has 1 aromatic heterocycles. The SMILES string of the molecule is Cc1ccc(C(=O)NCC(C)(C(=O)O)c2ccccc2)o1. The number of furan rings is 1. The molecular formula is C16H17NO4. The fourth-order valence-corrected chi connectivity index (χ4v) is 2.01. The van der Waals surface area contributed by atoms with E-state index in [1.165, 1.54) is 0 Å². The van der Waals surface area contributed by atoms with Crippen LogP contribution in [0.2, 0.25) is 0 Å². The maximum atomic E-state index is 12.0. The molecule has 110 valence electrons. The second kappa shape index (κ2) is 5.83. The number of carbonyl (C=O) groups is 2. The van der Waals surface area contributed by atoms with Crippen molar-refractivity contribution in [1.29, 1.82) is 0 Å². The lowest BCUT2D eigenvalue weighted by Gasteiger charge is -2.25. The number of aliphatic carboxylic acids is 1. The van der Waals surface area contributed by atoms with Gasteiger partial charge in [0.25, 0.3) is 5.91 Å². The second-order valence-electron chi connectivity index (χ2n) is 5.10. The Morgan fingerprint density at radius 3 is 2.38 bits per heavy atom. The van der Waals surface area contributed by atoms with Crippen molar-refractivity contribution in [2.75, 3.05) is 6.54 Å². The molecule has 1 amide bonds. The van der Waals surface area contributed by atoms with E-state index in [0.717, 1.165) is 0 Å². The molecule has 0 saturated carbocycles. The summed E-state index contributed by atoms with van der Waals surface area (Å²) in [5.41, 5.74) is -0.563. The molecule has 5 nitrogen and oxygen atoms in total. The largest absolute Gasteiger partial charge is 0.481 e. The molecule has 2 rings (SSSR count). The Morgan fingerprint density at radius 2 is 1.86 bits per heavy atom. The Bertz CT molecular complexity index is 647. The van der Waals surface area contributed by atoms with Crippen molar-refractivity contribution in [2.45, 2.75) is 19.3 Å². The Hall–Kier alpha value is -2.56. The number of nitrogens with one attached hydrogen (secondary N) is 1. The van der Waals surface area contributed by atoms with E-state index in [2.05, 4.69) is 5.32 Å². The van der Waals surface area contributed by atoms with Crippen molar-refractivity contribution in [2.24, 2.45) is 0 Å². The maximum Gasteiger partial charge on any atom is 0.315 e. The van der Waals surface area contributed by atoms with Gasteiger partial charge in [-0.3, -0.25) is 9.59 Å². The summed E-state index contributed by atoms with van der Waals surface area (Å²) in [5, 5.41) is 12.1. The smallest absolute Gasteiger partial charge is 0.315 e. The first-order chi connectivity index (χ1) is 9.93. The molecule has 0 spiro atoms. The van der Waals surface area contributed by atoms with Gasteiger partial charge in [-0.05, 0) is 31.5 Å². The third kappa shape index (κ3) is 3.13. The van der Waals surface area contributed by atoms with Crippen molar-refractivity contribution >= 4 is 11.9 Å².